The fourth-order valence-electron chi connectivity index (χ4n) is 1.84. The molecule has 0 amide bonds. The molecule has 0 bridgehead atoms. The highest BCUT2D eigenvalue weighted by Gasteiger charge is 2.13. The van der Waals surface area contributed by atoms with Gasteiger partial charge in [-0.1, -0.05) is 11.6 Å². The topological polar surface area (TPSA) is 87.6 Å². The van der Waals surface area contributed by atoms with Gasteiger partial charge < -0.3 is 18.3 Å². The van der Waals surface area contributed by atoms with Crippen LogP contribution in [0.3, 0.4) is 0 Å². The number of benzene rings is 1. The van der Waals surface area contributed by atoms with Crippen LogP contribution >= 0.6 is 11.6 Å². The molecule has 3 aromatic rings. The molecule has 0 aliphatic rings. The summed E-state index contributed by atoms with van der Waals surface area (Å²) in [5.41, 5.74) is 0.860. The summed E-state index contributed by atoms with van der Waals surface area (Å²) < 4.78 is 20.8. The number of aromatic nitrogens is 2. The Kier molecular flexibility index (Phi) is 4.81. The molecule has 0 radical (unpaired) electrons. The first-order valence-electron chi connectivity index (χ1n) is 7.02. The van der Waals surface area contributed by atoms with Gasteiger partial charge >= 0.3 is 5.97 Å². The molecule has 8 heteroatoms. The highest BCUT2D eigenvalue weighted by molar-refractivity contribution is 6.31. The van der Waals surface area contributed by atoms with Crippen molar-refractivity contribution in [2.75, 3.05) is 6.61 Å². The number of furan rings is 1. The van der Waals surface area contributed by atoms with Crippen LogP contribution in [0.25, 0.3) is 11.7 Å². The zero-order valence-corrected chi connectivity index (χ0v) is 13.4. The Hall–Kier alpha value is -2.80. The summed E-state index contributed by atoms with van der Waals surface area (Å²) in [6, 6.07) is 8.51. The van der Waals surface area contributed by atoms with Crippen molar-refractivity contribution in [2.24, 2.45) is 0 Å². The molecule has 0 saturated heterocycles. The summed E-state index contributed by atoms with van der Waals surface area (Å²) in [6.45, 7) is 1.47. The summed E-state index contributed by atoms with van der Waals surface area (Å²) in [7, 11) is 0. The van der Waals surface area contributed by atoms with Gasteiger partial charge in [0.15, 0.2) is 19.0 Å². The van der Waals surface area contributed by atoms with Crippen molar-refractivity contribution in [3.63, 3.8) is 0 Å². The van der Waals surface area contributed by atoms with Crippen molar-refractivity contribution in [2.45, 2.75) is 13.5 Å². The maximum Gasteiger partial charge on any atom is 0.344 e. The molecule has 3 rings (SSSR count). The predicted molar refractivity (Wildman–Crippen MR) is 83.5 cm³/mol. The van der Waals surface area contributed by atoms with Gasteiger partial charge in [-0.25, -0.2) is 4.79 Å². The van der Waals surface area contributed by atoms with E-state index >= 15 is 0 Å². The van der Waals surface area contributed by atoms with Crippen LogP contribution in [-0.4, -0.2) is 22.8 Å². The Morgan fingerprint density at radius 3 is 2.92 bits per heavy atom. The zero-order valence-electron chi connectivity index (χ0n) is 12.7. The third kappa shape index (κ3) is 3.94. The fraction of sp³-hybridized carbons (Fsp3) is 0.188. The molecule has 0 unspecified atom stereocenters. The molecular weight excluding hydrogens is 336 g/mol. The van der Waals surface area contributed by atoms with Crippen LogP contribution in [0.1, 0.15) is 11.5 Å². The van der Waals surface area contributed by atoms with E-state index in [0.29, 0.717) is 16.5 Å². The van der Waals surface area contributed by atoms with E-state index in [1.54, 1.807) is 30.3 Å². The van der Waals surface area contributed by atoms with Gasteiger partial charge in [0.25, 0.3) is 11.8 Å². The van der Waals surface area contributed by atoms with E-state index in [1.165, 1.54) is 6.26 Å². The Balaban J connectivity index is 1.48. The Labute approximate surface area is 142 Å². The third-order valence-electron chi connectivity index (χ3n) is 3.04. The predicted octanol–water partition coefficient (Wildman–Crippen LogP) is 3.41. The van der Waals surface area contributed by atoms with Crippen molar-refractivity contribution >= 4 is 17.6 Å². The van der Waals surface area contributed by atoms with E-state index in [4.69, 9.17) is 29.9 Å². The molecule has 0 aliphatic carbocycles. The van der Waals surface area contributed by atoms with Gasteiger partial charge in [0.1, 0.15) is 5.75 Å². The second kappa shape index (κ2) is 7.18. The lowest BCUT2D eigenvalue weighted by molar-refractivity contribution is -0.148. The molecular formula is C16H13ClN2O5. The number of hydrogen-bond acceptors (Lipinski definition) is 7. The van der Waals surface area contributed by atoms with Crippen LogP contribution in [0, 0.1) is 6.92 Å². The second-order valence-corrected chi connectivity index (χ2v) is 5.25. The number of esters is 1. The van der Waals surface area contributed by atoms with Gasteiger partial charge in [0.05, 0.1) is 6.26 Å². The van der Waals surface area contributed by atoms with Crippen LogP contribution in [0.4, 0.5) is 0 Å². The minimum atomic E-state index is -0.555. The molecule has 24 heavy (non-hydrogen) atoms. The maximum absolute atomic E-state index is 11.7. The van der Waals surface area contributed by atoms with E-state index in [9.17, 15) is 4.79 Å². The first-order chi connectivity index (χ1) is 11.6. The van der Waals surface area contributed by atoms with Crippen molar-refractivity contribution in [3.8, 4) is 17.4 Å². The number of ether oxygens (including phenoxy) is 2. The highest BCUT2D eigenvalue weighted by atomic mass is 35.5. The standard InChI is InChI=1S/C16H13ClN2O5/c1-10-7-11(4-5-12(10)17)22-9-15(20)23-8-14-18-19-16(24-14)13-3-2-6-21-13/h2-7H,8-9H2,1H3. The van der Waals surface area contributed by atoms with Gasteiger partial charge in [0.2, 0.25) is 0 Å². The Morgan fingerprint density at radius 1 is 1.29 bits per heavy atom. The smallest absolute Gasteiger partial charge is 0.344 e. The van der Waals surface area contributed by atoms with E-state index in [0.717, 1.165) is 5.56 Å². The van der Waals surface area contributed by atoms with Crippen LogP contribution in [0.15, 0.2) is 45.4 Å². The number of aryl methyl sites for hydroxylation is 1. The van der Waals surface area contributed by atoms with E-state index < -0.39 is 5.97 Å². The number of nitrogens with zero attached hydrogens (tertiary/aromatic N) is 2. The monoisotopic (exact) mass is 348 g/mol. The van der Waals surface area contributed by atoms with Crippen LogP contribution < -0.4 is 4.74 Å². The molecule has 0 saturated carbocycles. The summed E-state index contributed by atoms with van der Waals surface area (Å²) in [5.74, 6) is 0.810. The number of carbonyl (C=O) groups excluding carboxylic acids is 1. The van der Waals surface area contributed by atoms with E-state index in [1.807, 2.05) is 6.92 Å². The van der Waals surface area contributed by atoms with Crippen molar-refractivity contribution in [1.82, 2.24) is 10.2 Å². The maximum atomic E-state index is 11.7. The second-order valence-electron chi connectivity index (χ2n) is 4.84. The summed E-state index contributed by atoms with van der Waals surface area (Å²) in [6.07, 6.45) is 1.50. The summed E-state index contributed by atoms with van der Waals surface area (Å²) in [5, 5.41) is 8.21. The quantitative estimate of drug-likeness (QED) is 0.630. The van der Waals surface area contributed by atoms with Gasteiger partial charge in [0, 0.05) is 5.02 Å². The normalized spacial score (nSPS) is 10.6. The molecule has 0 N–H and O–H groups in total. The number of halogens is 1. The molecule has 0 atom stereocenters. The third-order valence-corrected chi connectivity index (χ3v) is 3.47. The number of hydrogen-bond donors (Lipinski definition) is 0. The fourth-order valence-corrected chi connectivity index (χ4v) is 1.96. The number of rotatable bonds is 6. The lowest BCUT2D eigenvalue weighted by Gasteiger charge is -2.07. The van der Waals surface area contributed by atoms with Crippen molar-refractivity contribution < 1.29 is 23.1 Å². The largest absolute Gasteiger partial charge is 0.482 e. The van der Waals surface area contributed by atoms with E-state index in [2.05, 4.69) is 10.2 Å². The number of carbonyl (C=O) groups is 1. The van der Waals surface area contributed by atoms with Crippen LogP contribution in [0.2, 0.25) is 5.02 Å². The lowest BCUT2D eigenvalue weighted by Crippen LogP contribution is -2.14. The molecule has 0 fully saturated rings. The lowest BCUT2D eigenvalue weighted by atomic mass is 10.2. The van der Waals surface area contributed by atoms with E-state index in [-0.39, 0.29) is 25.0 Å². The van der Waals surface area contributed by atoms with Gasteiger partial charge in [-0.2, -0.15) is 0 Å². The molecule has 7 nitrogen and oxygen atoms in total. The molecule has 0 spiro atoms. The molecule has 0 aliphatic heterocycles. The SMILES string of the molecule is Cc1cc(OCC(=O)OCc2nnc(-c3ccco3)o2)ccc1Cl. The molecule has 2 heterocycles. The van der Waals surface area contributed by atoms with Crippen LogP contribution in [0.5, 0.6) is 5.75 Å². The first kappa shape index (κ1) is 16.1. The molecule has 2 aromatic heterocycles. The van der Waals surface area contributed by atoms with Gasteiger partial charge in [-0.05, 0) is 42.8 Å². The van der Waals surface area contributed by atoms with Gasteiger partial charge in [-0.15, -0.1) is 10.2 Å². The molecule has 1 aromatic carbocycles. The minimum Gasteiger partial charge on any atom is -0.482 e. The average molecular weight is 349 g/mol. The Morgan fingerprint density at radius 2 is 2.17 bits per heavy atom. The van der Waals surface area contributed by atoms with Crippen LogP contribution in [-0.2, 0) is 16.1 Å². The molecule has 124 valence electrons. The van der Waals surface area contributed by atoms with Crippen molar-refractivity contribution in [3.05, 3.63) is 53.1 Å². The summed E-state index contributed by atoms with van der Waals surface area (Å²) in [4.78, 5) is 11.7. The summed E-state index contributed by atoms with van der Waals surface area (Å²) >= 11 is 5.92. The van der Waals surface area contributed by atoms with Gasteiger partial charge in [-0.3, -0.25) is 0 Å². The zero-order chi connectivity index (χ0) is 16.9. The minimum absolute atomic E-state index is 0.143. The highest BCUT2D eigenvalue weighted by Crippen LogP contribution is 2.21. The van der Waals surface area contributed by atoms with Crippen molar-refractivity contribution in [1.29, 1.82) is 0 Å². The first-order valence-corrected chi connectivity index (χ1v) is 7.40. The Bertz CT molecular complexity index is 829. The average Bonchev–Trinajstić information content (AvgIpc) is 3.25.